The van der Waals surface area contributed by atoms with Gasteiger partial charge in [0.25, 0.3) is 0 Å². The topological polar surface area (TPSA) is 69.6 Å². The average Bonchev–Trinajstić information content (AvgIpc) is 2.93. The van der Waals surface area contributed by atoms with Crippen molar-refractivity contribution in [3.63, 3.8) is 0 Å². The van der Waals surface area contributed by atoms with Crippen LogP contribution in [-0.4, -0.2) is 35.1 Å². The van der Waals surface area contributed by atoms with Crippen LogP contribution in [0.3, 0.4) is 0 Å². The quantitative estimate of drug-likeness (QED) is 0.833. The van der Waals surface area contributed by atoms with Crippen LogP contribution < -0.4 is 5.32 Å². The maximum atomic E-state index is 12.0. The van der Waals surface area contributed by atoms with E-state index in [0.717, 1.165) is 48.8 Å². The molecular weight excluding hydrogens is 256 g/mol. The number of carbonyl (C=O) groups excluding carboxylic acids is 1. The molecule has 106 valence electrons. The number of likely N-dealkylation sites (tertiary alicyclic amines) is 1. The molecule has 0 aliphatic carbocycles. The summed E-state index contributed by atoms with van der Waals surface area (Å²) in [6.45, 7) is 3.51. The van der Waals surface area contributed by atoms with Crippen molar-refractivity contribution in [3.8, 4) is 0 Å². The van der Waals surface area contributed by atoms with E-state index in [-0.39, 0.29) is 6.03 Å². The number of amides is 2. The molecule has 0 atom stereocenters. The van der Waals surface area contributed by atoms with Crippen LogP contribution in [0.25, 0.3) is 6.08 Å². The number of rotatable bonds is 3. The van der Waals surface area contributed by atoms with Crippen LogP contribution in [-0.2, 0) is 4.79 Å². The van der Waals surface area contributed by atoms with Crippen molar-refractivity contribution in [3.05, 3.63) is 35.4 Å². The summed E-state index contributed by atoms with van der Waals surface area (Å²) in [6.07, 6.45) is 4.75. The molecule has 0 bridgehead atoms. The molecule has 0 radical (unpaired) electrons. The first-order chi connectivity index (χ1) is 9.56. The van der Waals surface area contributed by atoms with Crippen molar-refractivity contribution in [2.24, 2.45) is 0 Å². The second-order valence-corrected chi connectivity index (χ2v) is 4.87. The monoisotopic (exact) mass is 274 g/mol. The summed E-state index contributed by atoms with van der Waals surface area (Å²) in [4.78, 5) is 24.3. The van der Waals surface area contributed by atoms with Gasteiger partial charge >= 0.3 is 12.0 Å². The van der Waals surface area contributed by atoms with Gasteiger partial charge < -0.3 is 15.3 Å². The minimum atomic E-state index is -0.978. The Morgan fingerprint density at radius 2 is 2.00 bits per heavy atom. The van der Waals surface area contributed by atoms with Gasteiger partial charge in [-0.25, -0.2) is 9.59 Å². The molecule has 0 spiro atoms. The van der Waals surface area contributed by atoms with Gasteiger partial charge in [0.2, 0.25) is 0 Å². The molecule has 1 aliphatic rings. The minimum Gasteiger partial charge on any atom is -0.478 e. The third-order valence-electron chi connectivity index (χ3n) is 3.30. The molecule has 1 aliphatic heterocycles. The number of aliphatic carboxylic acids is 1. The molecule has 1 aromatic rings. The molecule has 2 rings (SSSR count). The Hall–Kier alpha value is -2.30. The number of anilines is 1. The Kier molecular flexibility index (Phi) is 4.40. The Morgan fingerprint density at radius 3 is 2.60 bits per heavy atom. The van der Waals surface area contributed by atoms with Crippen LogP contribution in [0.2, 0.25) is 0 Å². The number of carboxylic acid groups (broad SMARTS) is 1. The van der Waals surface area contributed by atoms with Crippen molar-refractivity contribution in [1.82, 2.24) is 4.90 Å². The summed E-state index contributed by atoms with van der Waals surface area (Å²) in [7, 11) is 0. The van der Waals surface area contributed by atoms with Crippen LogP contribution >= 0.6 is 0 Å². The zero-order valence-corrected chi connectivity index (χ0v) is 11.4. The molecule has 0 saturated carbocycles. The molecule has 20 heavy (non-hydrogen) atoms. The van der Waals surface area contributed by atoms with E-state index in [1.807, 2.05) is 13.0 Å². The first-order valence-corrected chi connectivity index (χ1v) is 6.64. The summed E-state index contributed by atoms with van der Waals surface area (Å²) in [5, 5.41) is 11.5. The number of carboxylic acids is 1. The number of aryl methyl sites for hydroxylation is 1. The molecule has 2 N–H and O–H groups in total. The highest BCUT2D eigenvalue weighted by molar-refractivity contribution is 5.90. The fraction of sp³-hybridized carbons (Fsp3) is 0.333. The Balaban J connectivity index is 2.05. The van der Waals surface area contributed by atoms with Crippen molar-refractivity contribution < 1.29 is 14.7 Å². The van der Waals surface area contributed by atoms with E-state index in [9.17, 15) is 9.59 Å². The summed E-state index contributed by atoms with van der Waals surface area (Å²) in [5.74, 6) is -0.978. The fourth-order valence-electron chi connectivity index (χ4n) is 2.21. The third-order valence-corrected chi connectivity index (χ3v) is 3.30. The largest absolute Gasteiger partial charge is 0.478 e. The fourth-order valence-corrected chi connectivity index (χ4v) is 2.21. The van der Waals surface area contributed by atoms with Crippen LogP contribution in [0, 0.1) is 6.92 Å². The lowest BCUT2D eigenvalue weighted by Gasteiger charge is -2.17. The number of nitrogens with zero attached hydrogens (tertiary/aromatic N) is 1. The van der Waals surface area contributed by atoms with Crippen LogP contribution in [0.4, 0.5) is 10.5 Å². The molecule has 5 nitrogen and oxygen atoms in total. The van der Waals surface area contributed by atoms with Gasteiger partial charge in [0, 0.05) is 24.9 Å². The third kappa shape index (κ3) is 3.60. The first-order valence-electron chi connectivity index (χ1n) is 6.64. The standard InChI is InChI=1S/C15H18N2O3/c1-11-10-12(5-7-14(18)19)4-6-13(11)16-15(20)17-8-2-3-9-17/h4-7,10H,2-3,8-9H2,1H3,(H,16,20)(H,18,19). The number of urea groups is 1. The van der Waals surface area contributed by atoms with E-state index >= 15 is 0 Å². The van der Waals surface area contributed by atoms with Gasteiger partial charge in [0.15, 0.2) is 0 Å². The molecule has 0 unspecified atom stereocenters. The summed E-state index contributed by atoms with van der Waals surface area (Å²) in [6, 6.07) is 5.36. The maximum absolute atomic E-state index is 12.0. The van der Waals surface area contributed by atoms with E-state index in [1.165, 1.54) is 6.08 Å². The lowest BCUT2D eigenvalue weighted by atomic mass is 10.1. The van der Waals surface area contributed by atoms with Crippen LogP contribution in [0.15, 0.2) is 24.3 Å². The minimum absolute atomic E-state index is 0.0700. The van der Waals surface area contributed by atoms with E-state index < -0.39 is 5.97 Å². The lowest BCUT2D eigenvalue weighted by Crippen LogP contribution is -2.32. The summed E-state index contributed by atoms with van der Waals surface area (Å²) in [5.41, 5.74) is 2.46. The average molecular weight is 274 g/mol. The second-order valence-electron chi connectivity index (χ2n) is 4.87. The molecule has 0 aromatic heterocycles. The molecule has 1 fully saturated rings. The molecule has 1 heterocycles. The second kappa shape index (κ2) is 6.23. The van der Waals surface area contributed by atoms with E-state index in [0.29, 0.717) is 0 Å². The highest BCUT2D eigenvalue weighted by atomic mass is 16.4. The van der Waals surface area contributed by atoms with E-state index in [4.69, 9.17) is 5.11 Å². The molecule has 5 heteroatoms. The zero-order valence-electron chi connectivity index (χ0n) is 11.4. The number of carbonyl (C=O) groups is 2. The van der Waals surface area contributed by atoms with Crippen LogP contribution in [0.1, 0.15) is 24.0 Å². The normalized spacial score (nSPS) is 14.8. The van der Waals surface area contributed by atoms with E-state index in [2.05, 4.69) is 5.32 Å². The molecule has 2 amide bonds. The molecule has 1 saturated heterocycles. The molecular formula is C15H18N2O3. The maximum Gasteiger partial charge on any atom is 0.328 e. The number of benzene rings is 1. The predicted octanol–water partition coefficient (Wildman–Crippen LogP) is 2.72. The molecule has 1 aromatic carbocycles. The van der Waals surface area contributed by atoms with Gasteiger partial charge in [0.05, 0.1) is 0 Å². The lowest BCUT2D eigenvalue weighted by molar-refractivity contribution is -0.131. The predicted molar refractivity (Wildman–Crippen MR) is 77.7 cm³/mol. The number of hydrogen-bond donors (Lipinski definition) is 2. The SMILES string of the molecule is Cc1cc(C=CC(=O)O)ccc1NC(=O)N1CCCC1. The number of nitrogens with one attached hydrogen (secondary N) is 1. The zero-order chi connectivity index (χ0) is 14.5. The van der Waals surface area contributed by atoms with Crippen LogP contribution in [0.5, 0.6) is 0 Å². The van der Waals surface area contributed by atoms with Gasteiger partial charge in [-0.05, 0) is 49.1 Å². The van der Waals surface area contributed by atoms with Gasteiger partial charge in [-0.3, -0.25) is 0 Å². The van der Waals surface area contributed by atoms with Crippen molar-refractivity contribution in [2.75, 3.05) is 18.4 Å². The summed E-state index contributed by atoms with van der Waals surface area (Å²) < 4.78 is 0. The van der Waals surface area contributed by atoms with E-state index in [1.54, 1.807) is 17.0 Å². The summed E-state index contributed by atoms with van der Waals surface area (Å²) >= 11 is 0. The van der Waals surface area contributed by atoms with Crippen molar-refractivity contribution in [1.29, 1.82) is 0 Å². The first kappa shape index (κ1) is 14.1. The Bertz CT molecular complexity index is 546. The number of hydrogen-bond acceptors (Lipinski definition) is 2. The van der Waals surface area contributed by atoms with Crippen molar-refractivity contribution >= 4 is 23.8 Å². The van der Waals surface area contributed by atoms with Crippen molar-refractivity contribution in [2.45, 2.75) is 19.8 Å². The van der Waals surface area contributed by atoms with Gasteiger partial charge in [-0.2, -0.15) is 0 Å². The Morgan fingerprint density at radius 1 is 1.30 bits per heavy atom. The van der Waals surface area contributed by atoms with Gasteiger partial charge in [-0.15, -0.1) is 0 Å². The van der Waals surface area contributed by atoms with Gasteiger partial charge in [-0.1, -0.05) is 6.07 Å². The Labute approximate surface area is 117 Å². The smallest absolute Gasteiger partial charge is 0.328 e. The highest BCUT2D eigenvalue weighted by Gasteiger charge is 2.18. The highest BCUT2D eigenvalue weighted by Crippen LogP contribution is 2.19. The van der Waals surface area contributed by atoms with Gasteiger partial charge in [0.1, 0.15) is 0 Å².